The maximum Gasteiger partial charge on any atom is 0.227 e. The Labute approximate surface area is 106 Å². The smallest absolute Gasteiger partial charge is 0.227 e. The monoisotopic (exact) mass is 240 g/mol. The van der Waals surface area contributed by atoms with Crippen molar-refractivity contribution in [2.75, 3.05) is 6.54 Å². The zero-order chi connectivity index (χ0) is 13.0. The van der Waals surface area contributed by atoms with Crippen LogP contribution in [0, 0.1) is 11.8 Å². The van der Waals surface area contributed by atoms with E-state index in [0.29, 0.717) is 5.92 Å². The number of carbonyl (C=O) groups is 1. The molecule has 1 amide bonds. The molecular weight excluding hydrogens is 212 g/mol. The maximum absolute atomic E-state index is 12.6. The topological polar surface area (TPSA) is 46.3 Å². The largest absolute Gasteiger partial charge is 0.340 e. The maximum atomic E-state index is 12.6. The number of rotatable bonds is 4. The molecule has 2 N–H and O–H groups in total. The highest BCUT2D eigenvalue weighted by Crippen LogP contribution is 2.30. The Balaban J connectivity index is 2.77. The van der Waals surface area contributed by atoms with Crippen LogP contribution in [0.15, 0.2) is 0 Å². The Kier molecular flexibility index (Phi) is 5.44. The van der Waals surface area contributed by atoms with Crippen molar-refractivity contribution >= 4 is 5.91 Å². The lowest BCUT2D eigenvalue weighted by molar-refractivity contribution is -0.140. The lowest BCUT2D eigenvalue weighted by Crippen LogP contribution is -2.51. The fraction of sp³-hybridized carbons (Fsp3) is 0.929. The average molecular weight is 240 g/mol. The fourth-order valence-corrected chi connectivity index (χ4v) is 2.94. The highest BCUT2D eigenvalue weighted by Gasteiger charge is 2.36. The van der Waals surface area contributed by atoms with E-state index in [1.54, 1.807) is 0 Å². The molecule has 0 radical (unpaired) electrons. The second kappa shape index (κ2) is 6.39. The van der Waals surface area contributed by atoms with E-state index >= 15 is 0 Å². The van der Waals surface area contributed by atoms with Crippen LogP contribution < -0.4 is 5.73 Å². The van der Waals surface area contributed by atoms with Crippen LogP contribution in [0.5, 0.6) is 0 Å². The van der Waals surface area contributed by atoms with Crippen LogP contribution in [0.3, 0.4) is 0 Å². The minimum absolute atomic E-state index is 0.0395. The van der Waals surface area contributed by atoms with Crippen LogP contribution in [-0.4, -0.2) is 29.4 Å². The van der Waals surface area contributed by atoms with Crippen LogP contribution >= 0.6 is 0 Å². The Morgan fingerprint density at radius 3 is 2.53 bits per heavy atom. The number of hydrogen-bond acceptors (Lipinski definition) is 2. The van der Waals surface area contributed by atoms with Gasteiger partial charge in [0.2, 0.25) is 5.91 Å². The molecule has 0 aromatic carbocycles. The summed E-state index contributed by atoms with van der Waals surface area (Å²) in [6, 6.07) is 0.341. The highest BCUT2D eigenvalue weighted by molar-refractivity contribution is 5.80. The molecule has 3 nitrogen and oxygen atoms in total. The number of amides is 1. The predicted molar refractivity (Wildman–Crippen MR) is 71.6 cm³/mol. The van der Waals surface area contributed by atoms with Crippen molar-refractivity contribution in [2.45, 2.75) is 65.5 Å². The molecule has 1 fully saturated rings. The first kappa shape index (κ1) is 14.5. The van der Waals surface area contributed by atoms with Crippen molar-refractivity contribution in [1.29, 1.82) is 0 Å². The Morgan fingerprint density at radius 2 is 2.06 bits per heavy atom. The molecule has 17 heavy (non-hydrogen) atoms. The standard InChI is InChI=1S/C14H28N2O/c1-5-9-16(10(2)3)14(17)13-11(4)7-6-8-12(13)15/h10-13H,5-9,15H2,1-4H3. The van der Waals surface area contributed by atoms with Gasteiger partial charge in [0.25, 0.3) is 0 Å². The zero-order valence-electron chi connectivity index (χ0n) is 11.8. The summed E-state index contributed by atoms with van der Waals surface area (Å²) in [5.41, 5.74) is 6.16. The first-order chi connectivity index (χ1) is 7.99. The molecule has 0 aliphatic heterocycles. The minimum Gasteiger partial charge on any atom is -0.340 e. The van der Waals surface area contributed by atoms with E-state index in [4.69, 9.17) is 5.73 Å². The summed E-state index contributed by atoms with van der Waals surface area (Å²) in [6.07, 6.45) is 4.32. The number of hydrogen-bond donors (Lipinski definition) is 1. The van der Waals surface area contributed by atoms with Gasteiger partial charge in [-0.1, -0.05) is 20.3 Å². The van der Waals surface area contributed by atoms with Crippen LogP contribution in [-0.2, 0) is 4.79 Å². The summed E-state index contributed by atoms with van der Waals surface area (Å²) in [4.78, 5) is 14.6. The molecule has 0 aromatic rings. The molecular formula is C14H28N2O. The molecule has 1 saturated carbocycles. The van der Waals surface area contributed by atoms with Crippen molar-refractivity contribution in [3.63, 3.8) is 0 Å². The number of nitrogens with zero attached hydrogens (tertiary/aromatic N) is 1. The zero-order valence-corrected chi connectivity index (χ0v) is 11.8. The van der Waals surface area contributed by atoms with Gasteiger partial charge in [-0.25, -0.2) is 0 Å². The second-order valence-corrected chi connectivity index (χ2v) is 5.72. The van der Waals surface area contributed by atoms with Gasteiger partial charge in [-0.15, -0.1) is 0 Å². The van der Waals surface area contributed by atoms with E-state index in [0.717, 1.165) is 25.8 Å². The van der Waals surface area contributed by atoms with Crippen molar-refractivity contribution < 1.29 is 4.79 Å². The average Bonchev–Trinajstić information content (AvgIpc) is 2.24. The SMILES string of the molecule is CCCN(C(=O)C1C(C)CCCC1N)C(C)C. The van der Waals surface area contributed by atoms with Crippen LogP contribution in [0.25, 0.3) is 0 Å². The van der Waals surface area contributed by atoms with Crippen molar-refractivity contribution in [2.24, 2.45) is 17.6 Å². The summed E-state index contributed by atoms with van der Waals surface area (Å²) < 4.78 is 0. The van der Waals surface area contributed by atoms with Gasteiger partial charge >= 0.3 is 0 Å². The lowest BCUT2D eigenvalue weighted by Gasteiger charge is -2.38. The molecule has 1 aliphatic rings. The van der Waals surface area contributed by atoms with Gasteiger partial charge in [0.15, 0.2) is 0 Å². The van der Waals surface area contributed by atoms with E-state index in [-0.39, 0.29) is 23.9 Å². The molecule has 0 spiro atoms. The van der Waals surface area contributed by atoms with Gasteiger partial charge < -0.3 is 10.6 Å². The third-order valence-corrected chi connectivity index (χ3v) is 3.93. The summed E-state index contributed by atoms with van der Waals surface area (Å²) in [5, 5.41) is 0. The molecule has 1 rings (SSSR count). The molecule has 0 heterocycles. The summed E-state index contributed by atoms with van der Waals surface area (Å²) in [7, 11) is 0. The molecule has 100 valence electrons. The van der Waals surface area contributed by atoms with Gasteiger partial charge in [-0.2, -0.15) is 0 Å². The van der Waals surface area contributed by atoms with E-state index in [1.807, 2.05) is 4.90 Å². The normalized spacial score (nSPS) is 29.4. The molecule has 0 bridgehead atoms. The lowest BCUT2D eigenvalue weighted by atomic mass is 9.76. The molecule has 3 heteroatoms. The van der Waals surface area contributed by atoms with Gasteiger partial charge in [0, 0.05) is 18.6 Å². The first-order valence-corrected chi connectivity index (χ1v) is 7.05. The van der Waals surface area contributed by atoms with E-state index in [2.05, 4.69) is 27.7 Å². The van der Waals surface area contributed by atoms with Crippen molar-refractivity contribution in [3.8, 4) is 0 Å². The van der Waals surface area contributed by atoms with Gasteiger partial charge in [-0.3, -0.25) is 4.79 Å². The van der Waals surface area contributed by atoms with Gasteiger partial charge in [0.1, 0.15) is 0 Å². The Hall–Kier alpha value is -0.570. The Morgan fingerprint density at radius 1 is 1.41 bits per heavy atom. The van der Waals surface area contributed by atoms with E-state index < -0.39 is 0 Å². The second-order valence-electron chi connectivity index (χ2n) is 5.72. The molecule has 0 saturated heterocycles. The third-order valence-electron chi connectivity index (χ3n) is 3.93. The highest BCUT2D eigenvalue weighted by atomic mass is 16.2. The third kappa shape index (κ3) is 3.44. The number of nitrogens with two attached hydrogens (primary N) is 1. The van der Waals surface area contributed by atoms with Gasteiger partial charge in [-0.05, 0) is 39.0 Å². The molecule has 1 aliphatic carbocycles. The predicted octanol–water partition coefficient (Wildman–Crippen LogP) is 2.40. The van der Waals surface area contributed by atoms with E-state index in [1.165, 1.54) is 6.42 Å². The van der Waals surface area contributed by atoms with E-state index in [9.17, 15) is 4.79 Å². The molecule has 3 unspecified atom stereocenters. The number of carbonyl (C=O) groups excluding carboxylic acids is 1. The molecule has 3 atom stereocenters. The van der Waals surface area contributed by atoms with Crippen LogP contribution in [0.1, 0.15) is 53.4 Å². The summed E-state index contributed by atoms with van der Waals surface area (Å²) >= 11 is 0. The fourth-order valence-electron chi connectivity index (χ4n) is 2.94. The summed E-state index contributed by atoms with van der Waals surface area (Å²) in [6.45, 7) is 9.32. The molecule has 0 aromatic heterocycles. The van der Waals surface area contributed by atoms with Gasteiger partial charge in [0.05, 0.1) is 5.92 Å². The van der Waals surface area contributed by atoms with Crippen molar-refractivity contribution in [1.82, 2.24) is 4.90 Å². The van der Waals surface area contributed by atoms with Crippen LogP contribution in [0.2, 0.25) is 0 Å². The van der Waals surface area contributed by atoms with Crippen LogP contribution in [0.4, 0.5) is 0 Å². The Bertz CT molecular complexity index is 243. The summed E-state index contributed by atoms with van der Waals surface area (Å²) in [5.74, 6) is 0.753. The quantitative estimate of drug-likeness (QED) is 0.820. The minimum atomic E-state index is 0.0395. The first-order valence-electron chi connectivity index (χ1n) is 7.05. The van der Waals surface area contributed by atoms with Crippen molar-refractivity contribution in [3.05, 3.63) is 0 Å².